The molecule has 0 bridgehead atoms. The van der Waals surface area contributed by atoms with Gasteiger partial charge in [0.25, 0.3) is 5.91 Å². The number of carbonyl (C=O) groups is 1. The molecule has 0 spiro atoms. The van der Waals surface area contributed by atoms with E-state index in [9.17, 15) is 4.79 Å². The summed E-state index contributed by atoms with van der Waals surface area (Å²) in [5.74, 6) is 0.115. The standard InChI is InChI=1S/C17H24N2O2.ClH/c1-19(12-13-6-2-3-11-21-13)17(20)15-7-4-9-16-14(15)8-5-10-18-16;/h4,7,9,13,18H,2-3,5-6,8,10-12H2,1H3;1H. The average Bonchev–Trinajstić information content (AvgIpc) is 2.54. The van der Waals surface area contributed by atoms with Gasteiger partial charge in [0.05, 0.1) is 6.10 Å². The number of hydrogen-bond donors (Lipinski definition) is 1. The topological polar surface area (TPSA) is 41.6 Å². The summed E-state index contributed by atoms with van der Waals surface area (Å²) in [6.45, 7) is 2.52. The first kappa shape index (κ1) is 17.1. The highest BCUT2D eigenvalue weighted by atomic mass is 35.5. The van der Waals surface area contributed by atoms with Gasteiger partial charge in [0.15, 0.2) is 0 Å². The molecule has 0 aliphatic carbocycles. The van der Waals surface area contributed by atoms with Crippen molar-refractivity contribution in [3.05, 3.63) is 29.3 Å². The third-order valence-corrected chi connectivity index (χ3v) is 4.42. The Hall–Kier alpha value is -1.26. The molecule has 0 radical (unpaired) electrons. The lowest BCUT2D eigenvalue weighted by molar-refractivity contribution is -0.000207. The van der Waals surface area contributed by atoms with Crippen LogP contribution in [0.2, 0.25) is 0 Å². The van der Waals surface area contributed by atoms with Gasteiger partial charge >= 0.3 is 0 Å². The Balaban J connectivity index is 0.00000176. The van der Waals surface area contributed by atoms with Gasteiger partial charge in [0, 0.05) is 38.0 Å². The van der Waals surface area contributed by atoms with Crippen molar-refractivity contribution in [2.45, 2.75) is 38.2 Å². The fraction of sp³-hybridized carbons (Fsp3) is 0.588. The van der Waals surface area contributed by atoms with Crippen LogP contribution in [0.1, 0.15) is 41.6 Å². The summed E-state index contributed by atoms with van der Waals surface area (Å²) >= 11 is 0. The summed E-state index contributed by atoms with van der Waals surface area (Å²) in [5, 5.41) is 3.38. The van der Waals surface area contributed by atoms with Crippen LogP contribution in [-0.2, 0) is 11.2 Å². The van der Waals surface area contributed by atoms with Crippen LogP contribution in [-0.4, -0.2) is 43.7 Å². The molecule has 4 nitrogen and oxygen atoms in total. The van der Waals surface area contributed by atoms with E-state index in [1.54, 1.807) is 0 Å². The van der Waals surface area contributed by atoms with E-state index in [0.717, 1.165) is 50.1 Å². The van der Waals surface area contributed by atoms with Gasteiger partial charge in [-0.15, -0.1) is 12.4 Å². The van der Waals surface area contributed by atoms with Gasteiger partial charge in [0.2, 0.25) is 0 Å². The lowest BCUT2D eigenvalue weighted by atomic mass is 9.96. The normalized spacial score (nSPS) is 20.3. The highest BCUT2D eigenvalue weighted by Gasteiger charge is 2.23. The molecule has 5 heteroatoms. The highest BCUT2D eigenvalue weighted by molar-refractivity contribution is 5.97. The van der Waals surface area contributed by atoms with Gasteiger partial charge in [-0.2, -0.15) is 0 Å². The van der Waals surface area contributed by atoms with Crippen LogP contribution in [0.25, 0.3) is 0 Å². The van der Waals surface area contributed by atoms with E-state index >= 15 is 0 Å². The van der Waals surface area contributed by atoms with Crippen molar-refractivity contribution in [1.82, 2.24) is 4.90 Å². The minimum Gasteiger partial charge on any atom is -0.385 e. The smallest absolute Gasteiger partial charge is 0.254 e. The van der Waals surface area contributed by atoms with Crippen LogP contribution in [0, 0.1) is 0 Å². The number of fused-ring (bicyclic) bond motifs is 1. The first-order valence-corrected chi connectivity index (χ1v) is 7.98. The van der Waals surface area contributed by atoms with Gasteiger partial charge in [-0.1, -0.05) is 6.07 Å². The van der Waals surface area contributed by atoms with Crippen LogP contribution in [0.15, 0.2) is 18.2 Å². The number of nitrogens with one attached hydrogen (secondary N) is 1. The van der Waals surface area contributed by atoms with Gasteiger partial charge in [-0.05, 0) is 49.8 Å². The van der Waals surface area contributed by atoms with Gasteiger partial charge in [-0.3, -0.25) is 4.79 Å². The number of ether oxygens (including phenoxy) is 1. The number of carbonyl (C=O) groups excluding carboxylic acids is 1. The molecule has 2 aliphatic heterocycles. The summed E-state index contributed by atoms with van der Waals surface area (Å²) in [6.07, 6.45) is 5.69. The molecule has 1 aromatic rings. The van der Waals surface area contributed by atoms with Crippen molar-refractivity contribution in [2.24, 2.45) is 0 Å². The van der Waals surface area contributed by atoms with Crippen molar-refractivity contribution in [3.63, 3.8) is 0 Å². The predicted octanol–water partition coefficient (Wildman–Crippen LogP) is 3.11. The van der Waals surface area contributed by atoms with E-state index in [4.69, 9.17) is 4.74 Å². The molecule has 0 aromatic heterocycles. The zero-order valence-electron chi connectivity index (χ0n) is 13.1. The fourth-order valence-corrected chi connectivity index (χ4v) is 3.26. The largest absolute Gasteiger partial charge is 0.385 e. The minimum atomic E-state index is 0. The third kappa shape index (κ3) is 3.73. The number of anilines is 1. The molecule has 1 amide bonds. The molecular weight excluding hydrogens is 300 g/mol. The minimum absolute atomic E-state index is 0. The second kappa shape index (κ2) is 7.84. The summed E-state index contributed by atoms with van der Waals surface area (Å²) in [6, 6.07) is 5.98. The first-order chi connectivity index (χ1) is 10.3. The first-order valence-electron chi connectivity index (χ1n) is 7.98. The summed E-state index contributed by atoms with van der Waals surface area (Å²) in [7, 11) is 1.88. The number of likely N-dealkylation sites (N-methyl/N-ethyl adjacent to an activating group) is 1. The molecule has 2 heterocycles. The van der Waals surface area contributed by atoms with E-state index < -0.39 is 0 Å². The third-order valence-electron chi connectivity index (χ3n) is 4.42. The summed E-state index contributed by atoms with van der Waals surface area (Å²) in [4.78, 5) is 14.6. The number of halogens is 1. The van der Waals surface area contributed by atoms with Crippen molar-refractivity contribution >= 4 is 24.0 Å². The highest BCUT2D eigenvalue weighted by Crippen LogP contribution is 2.26. The van der Waals surface area contributed by atoms with E-state index in [-0.39, 0.29) is 24.4 Å². The Kier molecular flexibility index (Phi) is 6.09. The number of benzene rings is 1. The van der Waals surface area contributed by atoms with Gasteiger partial charge in [0.1, 0.15) is 0 Å². The van der Waals surface area contributed by atoms with Crippen LogP contribution in [0.3, 0.4) is 0 Å². The predicted molar refractivity (Wildman–Crippen MR) is 91.1 cm³/mol. The van der Waals surface area contributed by atoms with E-state index in [0.29, 0.717) is 6.54 Å². The maximum atomic E-state index is 12.7. The molecule has 1 aromatic carbocycles. The second-order valence-corrected chi connectivity index (χ2v) is 6.04. The van der Waals surface area contributed by atoms with Crippen LogP contribution < -0.4 is 5.32 Å². The van der Waals surface area contributed by atoms with Crippen molar-refractivity contribution in [1.29, 1.82) is 0 Å². The molecule has 2 aliphatic rings. The van der Waals surface area contributed by atoms with Gasteiger partial charge in [-0.25, -0.2) is 0 Å². The molecule has 0 saturated carbocycles. The molecular formula is C17H25ClN2O2. The Labute approximate surface area is 138 Å². The Morgan fingerprint density at radius 3 is 3.00 bits per heavy atom. The Morgan fingerprint density at radius 2 is 2.23 bits per heavy atom. The molecule has 1 saturated heterocycles. The Morgan fingerprint density at radius 1 is 1.36 bits per heavy atom. The van der Waals surface area contributed by atoms with Crippen LogP contribution in [0.4, 0.5) is 5.69 Å². The molecule has 1 fully saturated rings. The maximum absolute atomic E-state index is 12.7. The molecule has 22 heavy (non-hydrogen) atoms. The number of rotatable bonds is 3. The van der Waals surface area contributed by atoms with Crippen LogP contribution in [0.5, 0.6) is 0 Å². The second-order valence-electron chi connectivity index (χ2n) is 6.04. The van der Waals surface area contributed by atoms with Crippen molar-refractivity contribution in [3.8, 4) is 0 Å². The molecule has 1 unspecified atom stereocenters. The molecule has 122 valence electrons. The van der Waals surface area contributed by atoms with Gasteiger partial charge < -0.3 is 15.0 Å². The molecule has 1 atom stereocenters. The zero-order valence-corrected chi connectivity index (χ0v) is 14.0. The summed E-state index contributed by atoms with van der Waals surface area (Å²) < 4.78 is 5.74. The lowest BCUT2D eigenvalue weighted by Gasteiger charge is -2.28. The molecule has 3 rings (SSSR count). The van der Waals surface area contributed by atoms with E-state index in [2.05, 4.69) is 11.4 Å². The Bertz CT molecular complexity index is 515. The van der Waals surface area contributed by atoms with Crippen molar-refractivity contribution < 1.29 is 9.53 Å². The number of nitrogens with zero attached hydrogens (tertiary/aromatic N) is 1. The monoisotopic (exact) mass is 324 g/mol. The quantitative estimate of drug-likeness (QED) is 0.929. The van der Waals surface area contributed by atoms with Crippen LogP contribution >= 0.6 is 12.4 Å². The lowest BCUT2D eigenvalue weighted by Crippen LogP contribution is -2.37. The molecule has 1 N–H and O–H groups in total. The maximum Gasteiger partial charge on any atom is 0.254 e. The van der Waals surface area contributed by atoms with E-state index in [1.807, 2.05) is 24.1 Å². The van der Waals surface area contributed by atoms with Crippen molar-refractivity contribution in [2.75, 3.05) is 32.1 Å². The summed E-state index contributed by atoms with van der Waals surface area (Å²) in [5.41, 5.74) is 3.14. The SMILES string of the molecule is CN(CC1CCCCO1)C(=O)c1cccc2c1CCCN2.Cl. The fourth-order valence-electron chi connectivity index (χ4n) is 3.26. The number of amides is 1. The zero-order chi connectivity index (χ0) is 14.7. The average molecular weight is 325 g/mol. The van der Waals surface area contributed by atoms with E-state index in [1.165, 1.54) is 12.0 Å². The number of hydrogen-bond acceptors (Lipinski definition) is 3.